The monoisotopic (exact) mass is 235 g/mol. The van der Waals surface area contributed by atoms with Gasteiger partial charge in [-0.2, -0.15) is 0 Å². The lowest BCUT2D eigenvalue weighted by atomic mass is 9.74. The summed E-state index contributed by atoms with van der Waals surface area (Å²) in [6, 6.07) is 0. The number of rotatable bonds is 1. The minimum absolute atomic E-state index is 0.0491. The Hall–Kier alpha value is -1.03. The number of thioether (sulfide) groups is 1. The number of aliphatic carboxylic acids is 1. The number of aliphatic imine (C=N–C) groups is 1. The fraction of sp³-hybridized carbons (Fsp3) is 0.500. The molecule has 1 aliphatic carbocycles. The number of nitrogens with zero attached hydrogens (tertiary/aromatic N) is 1. The van der Waals surface area contributed by atoms with Crippen molar-refractivity contribution in [2.45, 2.75) is 17.6 Å². The summed E-state index contributed by atoms with van der Waals surface area (Å²) in [5.74, 6) is 0.0584. The molecule has 3 nitrogen and oxygen atoms in total. The van der Waals surface area contributed by atoms with Gasteiger partial charge in [0.2, 0.25) is 0 Å². The van der Waals surface area contributed by atoms with Crippen LogP contribution in [0.5, 0.6) is 0 Å². The Kier molecular flexibility index (Phi) is 2.21. The molecule has 1 N–H and O–H groups in total. The summed E-state index contributed by atoms with van der Waals surface area (Å²) >= 11 is 1.78. The molecule has 3 atom stereocenters. The first-order valence-electron chi connectivity index (χ1n) is 5.50. The second-order valence-corrected chi connectivity index (χ2v) is 5.83. The van der Waals surface area contributed by atoms with Crippen LogP contribution in [0.1, 0.15) is 12.8 Å². The second-order valence-electron chi connectivity index (χ2n) is 4.48. The fourth-order valence-corrected chi connectivity index (χ4v) is 4.73. The van der Waals surface area contributed by atoms with Crippen LogP contribution in [0.3, 0.4) is 0 Å². The molecule has 16 heavy (non-hydrogen) atoms. The Balaban J connectivity index is 2.03. The molecule has 1 saturated heterocycles. The van der Waals surface area contributed by atoms with E-state index >= 15 is 0 Å². The van der Waals surface area contributed by atoms with Crippen LogP contribution in [0.4, 0.5) is 0 Å². The van der Waals surface area contributed by atoms with E-state index in [1.807, 2.05) is 18.4 Å². The molecular weight excluding hydrogens is 222 g/mol. The van der Waals surface area contributed by atoms with E-state index < -0.39 is 5.97 Å². The first kappa shape index (κ1) is 10.1. The second kappa shape index (κ2) is 3.48. The predicted octanol–water partition coefficient (Wildman–Crippen LogP) is 2.11. The average molecular weight is 235 g/mol. The number of carbonyl (C=O) groups is 1. The van der Waals surface area contributed by atoms with Crippen LogP contribution < -0.4 is 0 Å². The van der Waals surface area contributed by atoms with Gasteiger partial charge in [-0.15, -0.1) is 11.8 Å². The Labute approximate surface area is 98.3 Å². The fourth-order valence-electron chi connectivity index (χ4n) is 2.92. The number of hydrogen-bond donors (Lipinski definition) is 1. The number of carboxylic acids is 1. The Morgan fingerprint density at radius 2 is 2.50 bits per heavy atom. The molecule has 3 aliphatic rings. The van der Waals surface area contributed by atoms with Crippen LogP contribution in [0.15, 0.2) is 28.9 Å². The topological polar surface area (TPSA) is 49.7 Å². The Morgan fingerprint density at radius 3 is 3.31 bits per heavy atom. The van der Waals surface area contributed by atoms with Gasteiger partial charge in [-0.1, -0.05) is 12.2 Å². The lowest BCUT2D eigenvalue weighted by Crippen LogP contribution is -2.40. The molecule has 0 bridgehead atoms. The zero-order valence-electron chi connectivity index (χ0n) is 8.80. The summed E-state index contributed by atoms with van der Waals surface area (Å²) in [6.07, 6.45) is 9.80. The molecule has 0 aromatic heterocycles. The third-order valence-electron chi connectivity index (χ3n) is 3.76. The zero-order valence-corrected chi connectivity index (χ0v) is 9.61. The molecule has 3 rings (SSSR count). The third-order valence-corrected chi connectivity index (χ3v) is 5.48. The maximum absolute atomic E-state index is 11.2. The molecule has 1 spiro atoms. The molecule has 2 heterocycles. The molecule has 0 aromatic rings. The summed E-state index contributed by atoms with van der Waals surface area (Å²) in [5, 5.41) is 9.24. The largest absolute Gasteiger partial charge is 0.481 e. The van der Waals surface area contributed by atoms with Gasteiger partial charge in [-0.3, -0.25) is 9.79 Å². The van der Waals surface area contributed by atoms with Gasteiger partial charge in [0.05, 0.1) is 16.4 Å². The maximum Gasteiger partial charge on any atom is 0.307 e. The third kappa shape index (κ3) is 1.22. The lowest BCUT2D eigenvalue weighted by Gasteiger charge is -2.38. The first-order chi connectivity index (χ1) is 7.74. The van der Waals surface area contributed by atoms with E-state index in [9.17, 15) is 9.90 Å². The van der Waals surface area contributed by atoms with Crippen LogP contribution in [-0.2, 0) is 4.79 Å². The molecule has 1 fully saturated rings. The smallest absolute Gasteiger partial charge is 0.307 e. The summed E-state index contributed by atoms with van der Waals surface area (Å²) in [7, 11) is 0. The molecule has 0 amide bonds. The van der Waals surface area contributed by atoms with Gasteiger partial charge >= 0.3 is 5.97 Å². The van der Waals surface area contributed by atoms with Crippen LogP contribution in [0.25, 0.3) is 0 Å². The highest BCUT2D eigenvalue weighted by atomic mass is 32.2. The zero-order chi connectivity index (χ0) is 11.2. The van der Waals surface area contributed by atoms with Crippen molar-refractivity contribution in [1.82, 2.24) is 0 Å². The highest BCUT2D eigenvalue weighted by Crippen LogP contribution is 2.56. The Bertz CT molecular complexity index is 427. The van der Waals surface area contributed by atoms with E-state index in [0.717, 1.165) is 18.5 Å². The molecule has 0 aromatic carbocycles. The summed E-state index contributed by atoms with van der Waals surface area (Å²) in [6.45, 7) is 0. The van der Waals surface area contributed by atoms with Crippen LogP contribution in [0, 0.1) is 11.8 Å². The van der Waals surface area contributed by atoms with Crippen molar-refractivity contribution in [3.8, 4) is 0 Å². The van der Waals surface area contributed by atoms with Crippen molar-refractivity contribution in [3.63, 3.8) is 0 Å². The van der Waals surface area contributed by atoms with Crippen molar-refractivity contribution in [1.29, 1.82) is 0 Å². The van der Waals surface area contributed by atoms with Crippen molar-refractivity contribution in [2.75, 3.05) is 5.75 Å². The minimum Gasteiger partial charge on any atom is -0.481 e. The van der Waals surface area contributed by atoms with Gasteiger partial charge in [0.1, 0.15) is 0 Å². The van der Waals surface area contributed by atoms with Crippen molar-refractivity contribution in [3.05, 3.63) is 23.9 Å². The number of carboxylic acid groups (broad SMARTS) is 1. The molecule has 0 radical (unpaired) electrons. The maximum atomic E-state index is 11.2. The van der Waals surface area contributed by atoms with E-state index in [2.05, 4.69) is 11.1 Å². The van der Waals surface area contributed by atoms with Gasteiger partial charge in [-0.05, 0) is 24.8 Å². The molecular formula is C12H13NO2S. The van der Waals surface area contributed by atoms with Crippen molar-refractivity contribution in [2.24, 2.45) is 16.8 Å². The Morgan fingerprint density at radius 1 is 1.62 bits per heavy atom. The molecule has 0 saturated carbocycles. The standard InChI is InChI=1S/C12H13NO2S/c14-11(15)8-7-16-12-5-2-1-3-10(12)13-6-4-9(8)12/h1-3,6,8-9H,4-5,7H2,(H,14,15). The van der Waals surface area contributed by atoms with Crippen molar-refractivity contribution < 1.29 is 9.90 Å². The predicted molar refractivity (Wildman–Crippen MR) is 64.8 cm³/mol. The van der Waals surface area contributed by atoms with Gasteiger partial charge in [0, 0.05) is 12.0 Å². The number of hydrogen-bond acceptors (Lipinski definition) is 3. The van der Waals surface area contributed by atoms with E-state index in [1.54, 1.807) is 11.8 Å². The van der Waals surface area contributed by atoms with Gasteiger partial charge in [-0.25, -0.2) is 0 Å². The highest BCUT2D eigenvalue weighted by Gasteiger charge is 2.54. The van der Waals surface area contributed by atoms with Crippen molar-refractivity contribution >= 4 is 23.9 Å². The van der Waals surface area contributed by atoms with Crippen LogP contribution >= 0.6 is 11.8 Å². The van der Waals surface area contributed by atoms with Crippen LogP contribution in [0.2, 0.25) is 0 Å². The molecule has 2 aliphatic heterocycles. The van der Waals surface area contributed by atoms with Gasteiger partial charge in [0.25, 0.3) is 0 Å². The summed E-state index contributed by atoms with van der Waals surface area (Å²) in [4.78, 5) is 15.7. The first-order valence-corrected chi connectivity index (χ1v) is 6.49. The molecule has 4 heteroatoms. The van der Waals surface area contributed by atoms with Gasteiger partial charge in [0.15, 0.2) is 0 Å². The SMILES string of the molecule is O=C(O)C1CSC23CC=CC=C2N=CCC13. The van der Waals surface area contributed by atoms with E-state index in [-0.39, 0.29) is 16.6 Å². The average Bonchev–Trinajstić information content (AvgIpc) is 2.66. The lowest BCUT2D eigenvalue weighted by molar-refractivity contribution is -0.142. The summed E-state index contributed by atoms with van der Waals surface area (Å²) < 4.78 is -0.0491. The van der Waals surface area contributed by atoms with E-state index in [0.29, 0.717) is 5.75 Å². The highest BCUT2D eigenvalue weighted by molar-refractivity contribution is 8.01. The molecule has 3 unspecified atom stereocenters. The van der Waals surface area contributed by atoms with E-state index in [4.69, 9.17) is 0 Å². The molecule has 84 valence electrons. The quantitative estimate of drug-likeness (QED) is 0.757. The normalized spacial score (nSPS) is 40.1. The number of allylic oxidation sites excluding steroid dienone is 3. The van der Waals surface area contributed by atoms with Crippen LogP contribution in [-0.4, -0.2) is 27.8 Å². The minimum atomic E-state index is -0.654. The van der Waals surface area contributed by atoms with E-state index in [1.165, 1.54) is 0 Å². The van der Waals surface area contributed by atoms with Gasteiger partial charge < -0.3 is 5.11 Å². The summed E-state index contributed by atoms with van der Waals surface area (Å²) in [5.41, 5.74) is 1.07.